The van der Waals surface area contributed by atoms with Crippen molar-refractivity contribution in [2.75, 3.05) is 18.0 Å². The summed E-state index contributed by atoms with van der Waals surface area (Å²) in [6.45, 7) is 0. The van der Waals surface area contributed by atoms with Gasteiger partial charge in [-0.15, -0.1) is 0 Å². The van der Waals surface area contributed by atoms with E-state index < -0.39 is 0 Å². The third kappa shape index (κ3) is 2.63. The van der Waals surface area contributed by atoms with Crippen LogP contribution in [0.5, 0.6) is 5.75 Å². The van der Waals surface area contributed by atoms with E-state index in [2.05, 4.69) is 15.8 Å². The molecule has 0 saturated carbocycles. The summed E-state index contributed by atoms with van der Waals surface area (Å²) >= 11 is 0. The fourth-order valence-electron chi connectivity index (χ4n) is 1.26. The Hall–Kier alpha value is -2.23. The molecule has 2 N–H and O–H groups in total. The van der Waals surface area contributed by atoms with Crippen molar-refractivity contribution >= 4 is 11.5 Å². The van der Waals surface area contributed by atoms with E-state index in [1.807, 2.05) is 36.4 Å². The molecule has 82 valence electrons. The molecule has 16 heavy (non-hydrogen) atoms. The first kappa shape index (κ1) is 10.3. The molecule has 0 radical (unpaired) electrons. The highest BCUT2D eigenvalue weighted by atomic mass is 16.5. The van der Waals surface area contributed by atoms with Crippen LogP contribution in [0, 0.1) is 0 Å². The van der Waals surface area contributed by atoms with Crippen molar-refractivity contribution in [3.63, 3.8) is 0 Å². The van der Waals surface area contributed by atoms with Crippen molar-refractivity contribution in [3.05, 3.63) is 48.7 Å². The van der Waals surface area contributed by atoms with Gasteiger partial charge in [-0.1, -0.05) is 18.2 Å². The van der Waals surface area contributed by atoms with Gasteiger partial charge < -0.3 is 4.74 Å². The predicted molar refractivity (Wildman–Crippen MR) is 64.5 cm³/mol. The fraction of sp³-hybridized carbons (Fsp3) is 0.0833. The number of nitrogens with zero attached hydrogens (tertiary/aromatic N) is 1. The van der Waals surface area contributed by atoms with Gasteiger partial charge in [0.25, 0.3) is 0 Å². The zero-order chi connectivity index (χ0) is 11.2. The Bertz CT molecular complexity index is 445. The molecule has 0 amide bonds. The lowest BCUT2D eigenvalue weighted by Crippen LogP contribution is -2.09. The van der Waals surface area contributed by atoms with Crippen LogP contribution in [0.4, 0.5) is 11.5 Å². The van der Waals surface area contributed by atoms with E-state index in [-0.39, 0.29) is 0 Å². The maximum atomic E-state index is 5.10. The van der Waals surface area contributed by atoms with Crippen LogP contribution >= 0.6 is 0 Å². The number of para-hydroxylation sites is 1. The molecule has 0 spiro atoms. The number of benzene rings is 1. The van der Waals surface area contributed by atoms with Crippen LogP contribution in [0.3, 0.4) is 0 Å². The average Bonchev–Trinajstić information content (AvgIpc) is 2.38. The molecule has 2 aromatic rings. The van der Waals surface area contributed by atoms with Gasteiger partial charge in [0, 0.05) is 12.3 Å². The molecule has 2 rings (SSSR count). The number of anilines is 2. The molecule has 0 atom stereocenters. The Morgan fingerprint density at radius 3 is 2.62 bits per heavy atom. The smallest absolute Gasteiger partial charge is 0.148 e. The minimum absolute atomic E-state index is 0.711. The molecular weight excluding hydrogens is 202 g/mol. The van der Waals surface area contributed by atoms with E-state index in [4.69, 9.17) is 4.74 Å². The molecule has 0 aliphatic carbocycles. The lowest BCUT2D eigenvalue weighted by Gasteiger charge is -2.09. The molecule has 4 nitrogen and oxygen atoms in total. The summed E-state index contributed by atoms with van der Waals surface area (Å²) < 4.78 is 5.10. The largest absolute Gasteiger partial charge is 0.497 e. The molecule has 0 unspecified atom stereocenters. The number of rotatable bonds is 4. The third-order valence-corrected chi connectivity index (χ3v) is 2.08. The van der Waals surface area contributed by atoms with Gasteiger partial charge in [0.2, 0.25) is 0 Å². The van der Waals surface area contributed by atoms with Gasteiger partial charge >= 0.3 is 0 Å². The lowest BCUT2D eigenvalue weighted by atomic mass is 10.3. The number of hydrogen-bond donors (Lipinski definition) is 2. The van der Waals surface area contributed by atoms with Crippen LogP contribution in [-0.2, 0) is 0 Å². The number of aromatic nitrogens is 1. The first-order valence-electron chi connectivity index (χ1n) is 4.95. The minimum Gasteiger partial charge on any atom is -0.497 e. The molecular formula is C12H13N3O. The number of nitrogens with one attached hydrogen (secondary N) is 2. The monoisotopic (exact) mass is 215 g/mol. The van der Waals surface area contributed by atoms with Gasteiger partial charge in [-0.3, -0.25) is 10.9 Å². The predicted octanol–water partition coefficient (Wildman–Crippen LogP) is 2.53. The van der Waals surface area contributed by atoms with Gasteiger partial charge in [0.15, 0.2) is 0 Å². The Labute approximate surface area is 94.3 Å². The van der Waals surface area contributed by atoms with Crippen LogP contribution in [0.2, 0.25) is 0 Å². The van der Waals surface area contributed by atoms with Gasteiger partial charge in [-0.05, 0) is 18.2 Å². The van der Waals surface area contributed by atoms with E-state index in [9.17, 15) is 0 Å². The fourth-order valence-corrected chi connectivity index (χ4v) is 1.26. The quantitative estimate of drug-likeness (QED) is 0.769. The van der Waals surface area contributed by atoms with Crippen LogP contribution < -0.4 is 15.6 Å². The summed E-state index contributed by atoms with van der Waals surface area (Å²) in [6, 6.07) is 13.4. The molecule has 1 aromatic carbocycles. The summed E-state index contributed by atoms with van der Waals surface area (Å²) in [5.74, 6) is 1.48. The molecule has 0 bridgehead atoms. The second-order valence-corrected chi connectivity index (χ2v) is 3.20. The van der Waals surface area contributed by atoms with Gasteiger partial charge in [-0.2, -0.15) is 0 Å². The molecule has 0 fully saturated rings. The molecule has 0 aliphatic heterocycles. The standard InChI is InChI=1S/C12H13N3O/c1-16-11-7-8-13-12(9-11)15-14-10-5-3-2-4-6-10/h2-9,14H,1H3,(H,13,15). The normalized spacial score (nSPS) is 9.56. The summed E-state index contributed by atoms with van der Waals surface area (Å²) in [5.41, 5.74) is 7.02. The van der Waals surface area contributed by atoms with Crippen molar-refractivity contribution < 1.29 is 4.74 Å². The van der Waals surface area contributed by atoms with Crippen molar-refractivity contribution in [2.24, 2.45) is 0 Å². The lowest BCUT2D eigenvalue weighted by molar-refractivity contribution is 0.414. The second-order valence-electron chi connectivity index (χ2n) is 3.20. The summed E-state index contributed by atoms with van der Waals surface area (Å²) in [7, 11) is 1.63. The second kappa shape index (κ2) is 5.02. The van der Waals surface area contributed by atoms with Crippen molar-refractivity contribution in [1.29, 1.82) is 0 Å². The van der Waals surface area contributed by atoms with Crippen LogP contribution in [0.25, 0.3) is 0 Å². The number of hydrazine groups is 1. The van der Waals surface area contributed by atoms with Crippen molar-refractivity contribution in [2.45, 2.75) is 0 Å². The Kier molecular flexibility index (Phi) is 3.23. The van der Waals surface area contributed by atoms with Crippen molar-refractivity contribution in [3.8, 4) is 5.75 Å². The zero-order valence-electron chi connectivity index (χ0n) is 8.97. The van der Waals surface area contributed by atoms with Crippen LogP contribution in [-0.4, -0.2) is 12.1 Å². The number of pyridine rings is 1. The maximum Gasteiger partial charge on any atom is 0.148 e. The Morgan fingerprint density at radius 1 is 1.06 bits per heavy atom. The van der Waals surface area contributed by atoms with E-state index in [1.54, 1.807) is 19.4 Å². The molecule has 0 aliphatic rings. The van der Waals surface area contributed by atoms with Gasteiger partial charge in [0.05, 0.1) is 12.8 Å². The van der Waals surface area contributed by atoms with E-state index in [0.717, 1.165) is 11.4 Å². The molecule has 1 heterocycles. The van der Waals surface area contributed by atoms with E-state index in [0.29, 0.717) is 5.82 Å². The number of ether oxygens (including phenoxy) is 1. The van der Waals surface area contributed by atoms with Crippen LogP contribution in [0.1, 0.15) is 0 Å². The third-order valence-electron chi connectivity index (χ3n) is 2.08. The topological polar surface area (TPSA) is 46.2 Å². The number of hydrogen-bond acceptors (Lipinski definition) is 4. The first-order chi connectivity index (χ1) is 7.88. The van der Waals surface area contributed by atoms with Gasteiger partial charge in [-0.25, -0.2) is 4.98 Å². The summed E-state index contributed by atoms with van der Waals surface area (Å²) in [6.07, 6.45) is 1.69. The highest BCUT2D eigenvalue weighted by Gasteiger charge is 1.95. The van der Waals surface area contributed by atoms with E-state index >= 15 is 0 Å². The summed E-state index contributed by atoms with van der Waals surface area (Å²) in [5, 5.41) is 0. The van der Waals surface area contributed by atoms with Crippen LogP contribution in [0.15, 0.2) is 48.7 Å². The number of methoxy groups -OCH3 is 1. The molecule has 4 heteroatoms. The zero-order valence-corrected chi connectivity index (χ0v) is 8.97. The average molecular weight is 215 g/mol. The maximum absolute atomic E-state index is 5.10. The van der Waals surface area contributed by atoms with Crippen molar-refractivity contribution in [1.82, 2.24) is 4.98 Å². The van der Waals surface area contributed by atoms with E-state index in [1.165, 1.54) is 0 Å². The molecule has 0 saturated heterocycles. The Balaban J connectivity index is 1.99. The summed E-state index contributed by atoms with van der Waals surface area (Å²) in [4.78, 5) is 4.15. The highest BCUT2D eigenvalue weighted by Crippen LogP contribution is 2.14. The minimum atomic E-state index is 0.711. The molecule has 1 aromatic heterocycles. The SMILES string of the molecule is COc1ccnc(NNc2ccccc2)c1. The highest BCUT2D eigenvalue weighted by molar-refractivity contribution is 5.50. The van der Waals surface area contributed by atoms with Gasteiger partial charge in [0.1, 0.15) is 11.6 Å². The first-order valence-corrected chi connectivity index (χ1v) is 4.95. The Morgan fingerprint density at radius 2 is 1.88 bits per heavy atom.